The van der Waals surface area contributed by atoms with Crippen LogP contribution in [0.15, 0.2) is 42.5 Å². The van der Waals surface area contributed by atoms with Gasteiger partial charge in [-0.2, -0.15) is 0 Å². The number of rotatable bonds is 8. The number of hydrogen-bond donors (Lipinski definition) is 0. The number of aryl methyl sites for hydroxylation is 1. The molecule has 3 aromatic carbocycles. The second-order valence-electron chi connectivity index (χ2n) is 7.24. The van der Waals surface area contributed by atoms with Gasteiger partial charge in [-0.3, -0.25) is 0 Å². The van der Waals surface area contributed by atoms with Crippen molar-refractivity contribution in [1.82, 2.24) is 0 Å². The zero-order chi connectivity index (χ0) is 22.5. The first-order valence-electron chi connectivity index (χ1n) is 10.3. The molecule has 164 valence electrons. The van der Waals surface area contributed by atoms with Gasteiger partial charge in [-0.05, 0) is 42.8 Å². The van der Waals surface area contributed by atoms with Gasteiger partial charge in [0.15, 0.2) is 34.9 Å². The van der Waals surface area contributed by atoms with Crippen molar-refractivity contribution >= 4 is 22.4 Å². The Labute approximate surface area is 178 Å². The maximum Gasteiger partial charge on any atom is 0.175 e. The van der Waals surface area contributed by atoms with Gasteiger partial charge in [0.25, 0.3) is 0 Å². The highest BCUT2D eigenvalue weighted by Gasteiger charge is 2.23. The Kier molecular flexibility index (Phi) is 7.31. The molecule has 0 atom stereocenters. The molecule has 0 aliphatic carbocycles. The van der Waals surface area contributed by atoms with Crippen LogP contribution in [0, 0.1) is 17.5 Å². The third kappa shape index (κ3) is 4.73. The largest absolute Gasteiger partial charge is 0.491 e. The van der Waals surface area contributed by atoms with Crippen molar-refractivity contribution in [1.29, 1.82) is 0 Å². The van der Waals surface area contributed by atoms with Crippen molar-refractivity contribution in [3.8, 4) is 5.75 Å². The summed E-state index contributed by atoms with van der Waals surface area (Å²) in [6.07, 6.45) is 3.96. The first kappa shape index (κ1) is 22.8. The molecule has 0 unspecified atom stereocenters. The molecule has 3 aromatic rings. The molecule has 1 nitrogen and oxygen atoms in total. The quantitative estimate of drug-likeness (QED) is 0.197. The summed E-state index contributed by atoms with van der Waals surface area (Å²) in [6, 6.07) is 9.56. The summed E-state index contributed by atoms with van der Waals surface area (Å²) < 4.78 is 78.2. The molecule has 0 bridgehead atoms. The molecule has 6 heteroatoms. The Morgan fingerprint density at radius 2 is 1.52 bits per heavy atom. The first-order valence-corrected chi connectivity index (χ1v) is 10.3. The van der Waals surface area contributed by atoms with Crippen LogP contribution in [-0.4, -0.2) is 6.61 Å². The Hall–Kier alpha value is -2.89. The molecule has 0 radical (unpaired) electrons. The second-order valence-corrected chi connectivity index (χ2v) is 7.24. The van der Waals surface area contributed by atoms with E-state index in [1.165, 1.54) is 24.3 Å². The van der Waals surface area contributed by atoms with E-state index in [9.17, 15) is 22.0 Å². The minimum absolute atomic E-state index is 0.0884. The lowest BCUT2D eigenvalue weighted by Crippen LogP contribution is -2.00. The van der Waals surface area contributed by atoms with Crippen LogP contribution >= 0.6 is 0 Å². The molecule has 0 aliphatic heterocycles. The van der Waals surface area contributed by atoms with E-state index in [0.29, 0.717) is 0 Å². The van der Waals surface area contributed by atoms with Crippen LogP contribution in [0.4, 0.5) is 22.0 Å². The van der Waals surface area contributed by atoms with Crippen LogP contribution < -0.4 is 4.74 Å². The van der Waals surface area contributed by atoms with Gasteiger partial charge in [-0.15, -0.1) is 0 Å². The van der Waals surface area contributed by atoms with Crippen molar-refractivity contribution < 1.29 is 26.7 Å². The van der Waals surface area contributed by atoms with E-state index >= 15 is 0 Å². The van der Waals surface area contributed by atoms with E-state index in [1.807, 2.05) is 0 Å². The van der Waals surface area contributed by atoms with Gasteiger partial charge in [0.1, 0.15) is 0 Å². The van der Waals surface area contributed by atoms with Crippen LogP contribution in [0.5, 0.6) is 5.75 Å². The molecule has 0 saturated heterocycles. The van der Waals surface area contributed by atoms with E-state index in [1.54, 1.807) is 19.1 Å². The van der Waals surface area contributed by atoms with Crippen molar-refractivity contribution in [3.63, 3.8) is 0 Å². The third-order valence-electron chi connectivity index (χ3n) is 5.09. The summed E-state index contributed by atoms with van der Waals surface area (Å²) >= 11 is 0. The smallest absolute Gasteiger partial charge is 0.175 e. The number of ether oxygens (including phenoxy) is 1. The van der Waals surface area contributed by atoms with Crippen LogP contribution in [0.25, 0.3) is 22.4 Å². The Bertz CT molecular complexity index is 1100. The van der Waals surface area contributed by atoms with Crippen LogP contribution in [-0.2, 0) is 6.42 Å². The maximum atomic E-state index is 14.8. The maximum absolute atomic E-state index is 14.8. The van der Waals surface area contributed by atoms with Crippen LogP contribution in [0.1, 0.15) is 49.8 Å². The fraction of sp³-hybridized carbons (Fsp3) is 0.280. The Morgan fingerprint density at radius 1 is 0.806 bits per heavy atom. The minimum atomic E-state index is -1.66. The Balaban J connectivity index is 2.01. The first-order chi connectivity index (χ1) is 14.9. The molecule has 0 amide bonds. The lowest BCUT2D eigenvalue weighted by molar-refractivity contribution is 0.322. The number of unbranched alkanes of at least 4 members (excludes halogenated alkanes) is 2. The highest BCUT2D eigenvalue weighted by molar-refractivity contribution is 5.91. The van der Waals surface area contributed by atoms with Crippen molar-refractivity contribution in [2.75, 3.05) is 6.61 Å². The predicted octanol–water partition coefficient (Wildman–Crippen LogP) is 8.15. The summed E-state index contributed by atoms with van der Waals surface area (Å²) in [5, 5.41) is -0.777. The van der Waals surface area contributed by atoms with Gasteiger partial charge in [0.2, 0.25) is 0 Å². The molecule has 0 fully saturated rings. The molecule has 0 spiro atoms. The zero-order valence-electron chi connectivity index (χ0n) is 17.4. The molecule has 0 heterocycles. The highest BCUT2D eigenvalue weighted by Crippen LogP contribution is 2.36. The van der Waals surface area contributed by atoms with Gasteiger partial charge < -0.3 is 4.74 Å². The fourth-order valence-corrected chi connectivity index (χ4v) is 3.43. The zero-order valence-corrected chi connectivity index (χ0v) is 17.4. The van der Waals surface area contributed by atoms with Gasteiger partial charge in [-0.25, -0.2) is 22.0 Å². The molecular formula is C25H23F5O. The van der Waals surface area contributed by atoms with Gasteiger partial charge in [0, 0.05) is 5.56 Å². The monoisotopic (exact) mass is 434 g/mol. The summed E-state index contributed by atoms with van der Waals surface area (Å²) in [5.74, 6) is -7.46. The van der Waals surface area contributed by atoms with E-state index in [4.69, 9.17) is 4.74 Å². The normalized spacial score (nSPS) is 12.2. The van der Waals surface area contributed by atoms with E-state index in [0.717, 1.165) is 37.3 Å². The lowest BCUT2D eigenvalue weighted by Gasteiger charge is -2.11. The standard InChI is InChI=1S/C25H23F5O/c1-3-5-6-7-15-8-10-16(11-9-15)21(26)22(27)18-14-17-12-13-19(31-4-2)24(29)20(17)25(30)23(18)28/h8-14H,3-7H2,1-2H3. The Morgan fingerprint density at radius 3 is 2.16 bits per heavy atom. The van der Waals surface area contributed by atoms with E-state index < -0.39 is 40.1 Å². The molecule has 0 saturated carbocycles. The van der Waals surface area contributed by atoms with E-state index in [2.05, 4.69) is 6.92 Å². The molecule has 31 heavy (non-hydrogen) atoms. The number of halogens is 5. The summed E-state index contributed by atoms with van der Waals surface area (Å²) in [5.41, 5.74) is -0.0125. The number of benzene rings is 3. The van der Waals surface area contributed by atoms with Gasteiger partial charge >= 0.3 is 0 Å². The average molecular weight is 434 g/mol. The number of hydrogen-bond acceptors (Lipinski definition) is 1. The third-order valence-corrected chi connectivity index (χ3v) is 5.09. The number of fused-ring (bicyclic) bond motifs is 1. The predicted molar refractivity (Wildman–Crippen MR) is 114 cm³/mol. The molecule has 3 rings (SSSR count). The van der Waals surface area contributed by atoms with Crippen LogP contribution in [0.2, 0.25) is 0 Å². The van der Waals surface area contributed by atoms with Crippen molar-refractivity contribution in [2.24, 2.45) is 0 Å². The minimum Gasteiger partial charge on any atom is -0.491 e. The van der Waals surface area contributed by atoms with Crippen molar-refractivity contribution in [2.45, 2.75) is 39.5 Å². The van der Waals surface area contributed by atoms with Gasteiger partial charge in [0.05, 0.1) is 17.6 Å². The van der Waals surface area contributed by atoms with Crippen molar-refractivity contribution in [3.05, 3.63) is 76.6 Å². The second kappa shape index (κ2) is 9.94. The van der Waals surface area contributed by atoms with Crippen LogP contribution in [0.3, 0.4) is 0 Å². The molecule has 0 aromatic heterocycles. The molecule has 0 aliphatic rings. The SMILES string of the molecule is CCCCCc1ccc(C(F)=C(F)c2cc3ccc(OCC)c(F)c3c(F)c2F)cc1. The van der Waals surface area contributed by atoms with E-state index in [-0.39, 0.29) is 23.3 Å². The molecular weight excluding hydrogens is 411 g/mol. The molecule has 0 N–H and O–H groups in total. The fourth-order valence-electron chi connectivity index (χ4n) is 3.43. The summed E-state index contributed by atoms with van der Waals surface area (Å²) in [4.78, 5) is 0. The lowest BCUT2D eigenvalue weighted by atomic mass is 10.0. The summed E-state index contributed by atoms with van der Waals surface area (Å²) in [6.45, 7) is 3.84. The summed E-state index contributed by atoms with van der Waals surface area (Å²) in [7, 11) is 0. The highest BCUT2D eigenvalue weighted by atomic mass is 19.2. The average Bonchev–Trinajstić information content (AvgIpc) is 2.77. The topological polar surface area (TPSA) is 9.23 Å². The van der Waals surface area contributed by atoms with Gasteiger partial charge in [-0.1, -0.05) is 50.1 Å².